The Bertz CT molecular complexity index is 312. The first-order valence-corrected chi connectivity index (χ1v) is 5.19. The highest BCUT2D eigenvalue weighted by molar-refractivity contribution is 5.16. The molecule has 0 radical (unpaired) electrons. The average molecular weight is 302 g/mol. The number of alkyl halides is 9. The van der Waals surface area contributed by atoms with Gasteiger partial charge in [-0.15, -0.1) is 0 Å². The van der Waals surface area contributed by atoms with Gasteiger partial charge in [0.1, 0.15) is 0 Å². The molecule has 1 unspecified atom stereocenters. The lowest BCUT2D eigenvalue weighted by Gasteiger charge is -2.33. The number of rotatable bonds is 5. The first-order valence-electron chi connectivity index (χ1n) is 5.19. The van der Waals surface area contributed by atoms with Gasteiger partial charge >= 0.3 is 18.3 Å². The van der Waals surface area contributed by atoms with Crippen molar-refractivity contribution in [3.8, 4) is 0 Å². The average Bonchev–Trinajstić information content (AvgIpc) is 2.20. The van der Waals surface area contributed by atoms with Crippen molar-refractivity contribution in [3.05, 3.63) is 12.2 Å². The standard InChI is InChI=1S/C10H11F9/c1-2-3-4-5-6-7(11,9(14,15)16)8(12,13)10(17,18)19/h5-6H,2-4H2,1H3. The fourth-order valence-electron chi connectivity index (χ4n) is 1.15. The van der Waals surface area contributed by atoms with Crippen molar-refractivity contribution >= 4 is 0 Å². The molecule has 0 aromatic heterocycles. The molecule has 0 saturated carbocycles. The third-order valence-electron chi connectivity index (χ3n) is 2.30. The molecular formula is C10H11F9. The van der Waals surface area contributed by atoms with Crippen molar-refractivity contribution in [2.45, 2.75) is 50.1 Å². The molecule has 0 rings (SSSR count). The minimum atomic E-state index is -6.65. The molecule has 0 amide bonds. The van der Waals surface area contributed by atoms with Crippen LogP contribution in [0.4, 0.5) is 39.5 Å². The quantitative estimate of drug-likeness (QED) is 0.372. The van der Waals surface area contributed by atoms with Crippen molar-refractivity contribution in [1.29, 1.82) is 0 Å². The predicted octanol–water partition coefficient (Wildman–Crippen LogP) is 5.20. The molecule has 0 fully saturated rings. The number of unbranched alkanes of at least 4 members (excludes halogenated alkanes) is 2. The van der Waals surface area contributed by atoms with E-state index in [9.17, 15) is 39.5 Å². The summed E-state index contributed by atoms with van der Waals surface area (Å²) in [6.45, 7) is 1.62. The molecule has 0 aliphatic rings. The zero-order chi connectivity index (χ0) is 15.5. The first-order chi connectivity index (χ1) is 8.31. The maximum absolute atomic E-state index is 13.3. The minimum Gasteiger partial charge on any atom is -0.222 e. The summed E-state index contributed by atoms with van der Waals surface area (Å²) in [5.41, 5.74) is -5.77. The molecule has 0 aliphatic carbocycles. The molecule has 0 aromatic rings. The summed E-state index contributed by atoms with van der Waals surface area (Å²) >= 11 is 0. The van der Waals surface area contributed by atoms with Gasteiger partial charge in [-0.25, -0.2) is 4.39 Å². The minimum absolute atomic E-state index is 0.230. The SMILES string of the molecule is CCCCC=CC(F)(C(F)(F)F)C(F)(F)C(F)(F)F. The van der Waals surface area contributed by atoms with Crippen LogP contribution in [-0.4, -0.2) is 23.9 Å². The number of allylic oxidation sites excluding steroid dienone is 2. The van der Waals surface area contributed by atoms with Crippen LogP contribution in [0.5, 0.6) is 0 Å². The second kappa shape index (κ2) is 5.62. The van der Waals surface area contributed by atoms with Crippen molar-refractivity contribution in [1.82, 2.24) is 0 Å². The Kier molecular flexibility index (Phi) is 5.36. The molecule has 0 nitrogen and oxygen atoms in total. The van der Waals surface area contributed by atoms with Crippen molar-refractivity contribution in [3.63, 3.8) is 0 Å². The fraction of sp³-hybridized carbons (Fsp3) is 0.800. The lowest BCUT2D eigenvalue weighted by Crippen LogP contribution is -2.61. The number of halogens is 9. The van der Waals surface area contributed by atoms with E-state index in [-0.39, 0.29) is 12.8 Å². The largest absolute Gasteiger partial charge is 0.457 e. The van der Waals surface area contributed by atoms with Crippen molar-refractivity contribution in [2.75, 3.05) is 0 Å². The van der Waals surface area contributed by atoms with Gasteiger partial charge in [-0.2, -0.15) is 35.1 Å². The topological polar surface area (TPSA) is 0 Å². The molecule has 19 heavy (non-hydrogen) atoms. The van der Waals surface area contributed by atoms with Gasteiger partial charge in [-0.3, -0.25) is 0 Å². The van der Waals surface area contributed by atoms with Gasteiger partial charge in [0, 0.05) is 0 Å². The lowest BCUT2D eigenvalue weighted by molar-refractivity contribution is -0.369. The monoisotopic (exact) mass is 302 g/mol. The Morgan fingerprint density at radius 1 is 0.789 bits per heavy atom. The van der Waals surface area contributed by atoms with Gasteiger partial charge in [0.2, 0.25) is 0 Å². The highest BCUT2D eigenvalue weighted by atomic mass is 19.4. The van der Waals surface area contributed by atoms with Crippen molar-refractivity contribution in [2.24, 2.45) is 0 Å². The summed E-state index contributed by atoms with van der Waals surface area (Å²) < 4.78 is 111. The summed E-state index contributed by atoms with van der Waals surface area (Å²) in [7, 11) is 0. The molecule has 9 heteroatoms. The van der Waals surface area contributed by atoms with E-state index in [4.69, 9.17) is 0 Å². The Hall–Kier alpha value is -0.890. The Labute approximate surface area is 103 Å². The Morgan fingerprint density at radius 2 is 1.26 bits per heavy atom. The van der Waals surface area contributed by atoms with Crippen LogP contribution in [0, 0.1) is 0 Å². The number of hydrogen-bond acceptors (Lipinski definition) is 0. The molecule has 0 bridgehead atoms. The summed E-state index contributed by atoms with van der Waals surface area (Å²) in [6, 6.07) is 0. The molecular weight excluding hydrogens is 291 g/mol. The lowest BCUT2D eigenvalue weighted by atomic mass is 9.95. The van der Waals surface area contributed by atoms with Crippen LogP contribution in [0.3, 0.4) is 0 Å². The van der Waals surface area contributed by atoms with E-state index in [2.05, 4.69) is 0 Å². The van der Waals surface area contributed by atoms with E-state index in [0.29, 0.717) is 12.5 Å². The molecule has 0 aromatic carbocycles. The van der Waals surface area contributed by atoms with Crippen LogP contribution in [0.1, 0.15) is 26.2 Å². The maximum Gasteiger partial charge on any atom is 0.457 e. The first kappa shape index (κ1) is 18.1. The third-order valence-corrected chi connectivity index (χ3v) is 2.30. The summed E-state index contributed by atoms with van der Waals surface area (Å²) in [4.78, 5) is 0. The van der Waals surface area contributed by atoms with Crippen LogP contribution >= 0.6 is 0 Å². The van der Waals surface area contributed by atoms with Gasteiger partial charge in [0.05, 0.1) is 0 Å². The molecule has 114 valence electrons. The second-order valence-electron chi connectivity index (χ2n) is 3.83. The van der Waals surface area contributed by atoms with E-state index in [1.165, 1.54) is 0 Å². The maximum atomic E-state index is 13.3. The third kappa shape index (κ3) is 3.56. The van der Waals surface area contributed by atoms with Gasteiger partial charge < -0.3 is 0 Å². The van der Waals surface area contributed by atoms with Crippen LogP contribution < -0.4 is 0 Å². The van der Waals surface area contributed by atoms with Gasteiger partial charge in [0.25, 0.3) is 5.67 Å². The van der Waals surface area contributed by atoms with E-state index in [0.717, 1.165) is 0 Å². The predicted molar refractivity (Wildman–Crippen MR) is 49.6 cm³/mol. The van der Waals surface area contributed by atoms with Crippen LogP contribution in [0.25, 0.3) is 0 Å². The zero-order valence-electron chi connectivity index (χ0n) is 9.68. The van der Waals surface area contributed by atoms with E-state index in [1.54, 1.807) is 6.92 Å². The van der Waals surface area contributed by atoms with Gasteiger partial charge in [-0.05, 0) is 12.5 Å². The highest BCUT2D eigenvalue weighted by Gasteiger charge is 2.79. The smallest absolute Gasteiger partial charge is 0.222 e. The fourth-order valence-corrected chi connectivity index (χ4v) is 1.15. The van der Waals surface area contributed by atoms with Crippen LogP contribution in [0.15, 0.2) is 12.2 Å². The Morgan fingerprint density at radius 3 is 1.58 bits per heavy atom. The molecule has 0 heterocycles. The van der Waals surface area contributed by atoms with Gasteiger partial charge in [0.15, 0.2) is 0 Å². The van der Waals surface area contributed by atoms with E-state index < -0.39 is 30.0 Å². The highest BCUT2D eigenvalue weighted by Crippen LogP contribution is 2.53. The van der Waals surface area contributed by atoms with Gasteiger partial charge in [-0.1, -0.05) is 25.8 Å². The molecule has 0 aliphatic heterocycles. The molecule has 0 spiro atoms. The van der Waals surface area contributed by atoms with Crippen LogP contribution in [0.2, 0.25) is 0 Å². The van der Waals surface area contributed by atoms with Crippen molar-refractivity contribution < 1.29 is 39.5 Å². The zero-order valence-corrected chi connectivity index (χ0v) is 9.68. The molecule has 1 atom stereocenters. The van der Waals surface area contributed by atoms with Crippen LogP contribution in [-0.2, 0) is 0 Å². The normalized spacial score (nSPS) is 17.8. The molecule has 0 saturated heterocycles. The van der Waals surface area contributed by atoms with E-state index >= 15 is 0 Å². The summed E-state index contributed by atoms with van der Waals surface area (Å²) in [5, 5.41) is 0. The summed E-state index contributed by atoms with van der Waals surface area (Å²) in [6.07, 6.45) is -13.0. The Balaban J connectivity index is 5.51. The second-order valence-corrected chi connectivity index (χ2v) is 3.83. The number of hydrogen-bond donors (Lipinski definition) is 0. The summed E-state index contributed by atoms with van der Waals surface area (Å²) in [5.74, 6) is -6.55. The van der Waals surface area contributed by atoms with E-state index in [1.807, 2.05) is 0 Å². The molecule has 0 N–H and O–H groups in total.